The maximum atomic E-state index is 14.1. The Bertz CT molecular complexity index is 1460. The van der Waals surface area contributed by atoms with Gasteiger partial charge >= 0.3 is 11.9 Å². The van der Waals surface area contributed by atoms with E-state index >= 15 is 0 Å². The van der Waals surface area contributed by atoms with Crippen LogP contribution in [0.5, 0.6) is 0 Å². The molecule has 2 aliphatic heterocycles. The number of aromatic nitrogens is 1. The number of hydrogen-bond donors (Lipinski definition) is 3. The van der Waals surface area contributed by atoms with Crippen LogP contribution in [0.15, 0.2) is 54.7 Å². The molecule has 0 spiro atoms. The Morgan fingerprint density at radius 1 is 1.03 bits per heavy atom. The van der Waals surface area contributed by atoms with Crippen LogP contribution in [0.1, 0.15) is 59.6 Å². The Labute approximate surface area is 225 Å². The standard InChI is InChI=1S/C30H31N3O6/c1-39-28(36)18-13-11-17(12-14-18)25-23-24(27(35)33(26(23)34)20-7-3-2-4-8-20)30(32-25,29(37)38)15-19-16-31-22-10-6-5-9-21(19)22/h5-6,9-14,16,20,23-25,31-32H,2-4,7-8,15H2,1H3,(H,37,38). The Kier molecular flexibility index (Phi) is 6.26. The lowest BCUT2D eigenvalue weighted by Gasteiger charge is -2.34. The van der Waals surface area contributed by atoms with Crippen molar-refractivity contribution in [1.82, 2.24) is 15.2 Å². The van der Waals surface area contributed by atoms with Crippen LogP contribution in [-0.2, 0) is 25.5 Å². The molecule has 0 bridgehead atoms. The SMILES string of the molecule is COC(=O)c1ccc(C2NC(Cc3c[nH]c4ccccc34)(C(=O)O)C3C(=O)N(C4CCCCC4)C(=O)C23)cc1. The summed E-state index contributed by atoms with van der Waals surface area (Å²) in [6.45, 7) is 0. The van der Waals surface area contributed by atoms with E-state index in [1.165, 1.54) is 12.0 Å². The van der Waals surface area contributed by atoms with Gasteiger partial charge in [0.05, 0.1) is 24.5 Å². The van der Waals surface area contributed by atoms with E-state index in [4.69, 9.17) is 4.74 Å². The first-order chi connectivity index (χ1) is 18.9. The van der Waals surface area contributed by atoms with Gasteiger partial charge in [0.1, 0.15) is 5.54 Å². The van der Waals surface area contributed by atoms with Gasteiger partial charge in [-0.3, -0.25) is 24.6 Å². The number of methoxy groups -OCH3 is 1. The molecular formula is C30H31N3O6. The summed E-state index contributed by atoms with van der Waals surface area (Å²) in [5.74, 6) is -4.31. The third kappa shape index (κ3) is 3.95. The molecule has 1 aliphatic carbocycles. The number of benzene rings is 2. The fraction of sp³-hybridized carbons (Fsp3) is 0.400. The molecule has 1 saturated carbocycles. The number of aliphatic carboxylic acids is 1. The van der Waals surface area contributed by atoms with Crippen LogP contribution in [0.3, 0.4) is 0 Å². The zero-order valence-electron chi connectivity index (χ0n) is 21.7. The maximum absolute atomic E-state index is 14.1. The molecule has 3 heterocycles. The number of aromatic amines is 1. The first-order valence-corrected chi connectivity index (χ1v) is 13.5. The first-order valence-electron chi connectivity index (χ1n) is 13.5. The van der Waals surface area contributed by atoms with Crippen molar-refractivity contribution >= 4 is 34.7 Å². The summed E-state index contributed by atoms with van der Waals surface area (Å²) in [6.07, 6.45) is 6.24. The Hall–Kier alpha value is -3.98. The Morgan fingerprint density at radius 2 is 1.74 bits per heavy atom. The number of nitrogens with zero attached hydrogens (tertiary/aromatic N) is 1. The average Bonchev–Trinajstić information content (AvgIpc) is 3.61. The number of fused-ring (bicyclic) bond motifs is 2. The van der Waals surface area contributed by atoms with E-state index in [-0.39, 0.29) is 18.4 Å². The molecule has 2 amide bonds. The molecule has 39 heavy (non-hydrogen) atoms. The van der Waals surface area contributed by atoms with Crippen molar-refractivity contribution in [2.24, 2.45) is 11.8 Å². The number of carbonyl (C=O) groups is 4. The second-order valence-electron chi connectivity index (χ2n) is 10.9. The molecule has 0 radical (unpaired) electrons. The van der Waals surface area contributed by atoms with Crippen LogP contribution in [-0.4, -0.2) is 57.4 Å². The molecule has 2 saturated heterocycles. The van der Waals surface area contributed by atoms with Crippen molar-refractivity contribution in [3.05, 3.63) is 71.4 Å². The number of esters is 1. The van der Waals surface area contributed by atoms with Crippen molar-refractivity contribution in [3.63, 3.8) is 0 Å². The maximum Gasteiger partial charge on any atom is 0.337 e. The third-order valence-electron chi connectivity index (χ3n) is 8.84. The van der Waals surface area contributed by atoms with E-state index in [0.29, 0.717) is 11.1 Å². The largest absolute Gasteiger partial charge is 0.480 e. The number of carbonyl (C=O) groups excluding carboxylic acids is 3. The van der Waals surface area contributed by atoms with E-state index in [1.54, 1.807) is 30.5 Å². The zero-order valence-corrected chi connectivity index (χ0v) is 21.7. The number of nitrogens with one attached hydrogen (secondary N) is 2. The summed E-state index contributed by atoms with van der Waals surface area (Å²) in [5, 5.41) is 14.9. The lowest BCUT2D eigenvalue weighted by molar-refractivity contribution is -0.152. The number of carboxylic acids is 1. The number of amides is 2. The number of ether oxygens (including phenoxy) is 1. The molecule has 1 aromatic heterocycles. The summed E-state index contributed by atoms with van der Waals surface area (Å²) >= 11 is 0. The molecule has 6 rings (SSSR count). The molecule has 3 N–H and O–H groups in total. The lowest BCUT2D eigenvalue weighted by Crippen LogP contribution is -2.58. The van der Waals surface area contributed by atoms with Crippen LogP contribution >= 0.6 is 0 Å². The van der Waals surface area contributed by atoms with E-state index in [1.807, 2.05) is 24.3 Å². The molecule has 9 nitrogen and oxygen atoms in total. The highest BCUT2D eigenvalue weighted by Gasteiger charge is 2.69. The molecule has 3 aromatic rings. The summed E-state index contributed by atoms with van der Waals surface area (Å²) in [4.78, 5) is 57.9. The van der Waals surface area contributed by atoms with Crippen LogP contribution < -0.4 is 5.32 Å². The van der Waals surface area contributed by atoms with Crippen LogP contribution in [0.4, 0.5) is 0 Å². The van der Waals surface area contributed by atoms with Crippen molar-refractivity contribution in [2.45, 2.75) is 56.1 Å². The smallest absolute Gasteiger partial charge is 0.337 e. The number of H-pyrrole nitrogens is 1. The van der Waals surface area contributed by atoms with Gasteiger partial charge in [-0.2, -0.15) is 0 Å². The van der Waals surface area contributed by atoms with Gasteiger partial charge in [-0.25, -0.2) is 4.79 Å². The number of hydrogen-bond acceptors (Lipinski definition) is 6. The Morgan fingerprint density at radius 3 is 2.44 bits per heavy atom. The number of rotatable bonds is 6. The van der Waals surface area contributed by atoms with Crippen molar-refractivity contribution < 1.29 is 29.0 Å². The van der Waals surface area contributed by atoms with Gasteiger partial charge in [0.25, 0.3) is 0 Å². The predicted octanol–water partition coefficient (Wildman–Crippen LogP) is 3.60. The van der Waals surface area contributed by atoms with Crippen LogP contribution in [0, 0.1) is 11.8 Å². The van der Waals surface area contributed by atoms with E-state index in [0.717, 1.165) is 48.6 Å². The van der Waals surface area contributed by atoms with Crippen molar-refractivity contribution in [1.29, 1.82) is 0 Å². The molecule has 3 fully saturated rings. The molecule has 9 heteroatoms. The minimum atomic E-state index is -1.70. The van der Waals surface area contributed by atoms with E-state index < -0.39 is 41.3 Å². The van der Waals surface area contributed by atoms with Crippen molar-refractivity contribution in [2.75, 3.05) is 7.11 Å². The van der Waals surface area contributed by atoms with Gasteiger partial charge in [-0.1, -0.05) is 49.6 Å². The second kappa shape index (κ2) is 9.64. The molecular weight excluding hydrogens is 498 g/mol. The predicted molar refractivity (Wildman–Crippen MR) is 142 cm³/mol. The molecule has 3 aliphatic rings. The average molecular weight is 530 g/mol. The van der Waals surface area contributed by atoms with Gasteiger partial charge in [0.2, 0.25) is 11.8 Å². The Balaban J connectivity index is 1.45. The molecule has 4 atom stereocenters. The lowest BCUT2D eigenvalue weighted by atomic mass is 9.76. The number of para-hydroxylation sites is 1. The zero-order chi connectivity index (χ0) is 27.3. The third-order valence-corrected chi connectivity index (χ3v) is 8.84. The van der Waals surface area contributed by atoms with Crippen molar-refractivity contribution in [3.8, 4) is 0 Å². The highest BCUT2D eigenvalue weighted by Crippen LogP contribution is 2.51. The highest BCUT2D eigenvalue weighted by atomic mass is 16.5. The summed E-state index contributed by atoms with van der Waals surface area (Å²) in [5.41, 5.74) is 0.924. The fourth-order valence-electron chi connectivity index (χ4n) is 6.97. The first kappa shape index (κ1) is 25.3. The molecule has 202 valence electrons. The number of carboxylic acid groups (broad SMARTS) is 1. The van der Waals surface area contributed by atoms with Crippen LogP contribution in [0.2, 0.25) is 0 Å². The molecule has 2 aromatic carbocycles. The molecule has 4 unspecified atom stereocenters. The van der Waals surface area contributed by atoms with Gasteiger partial charge in [0.15, 0.2) is 0 Å². The monoisotopic (exact) mass is 529 g/mol. The number of imide groups is 1. The minimum absolute atomic E-state index is 0.0295. The van der Waals surface area contributed by atoms with Gasteiger partial charge in [-0.05, 0) is 42.2 Å². The number of likely N-dealkylation sites (tertiary alicyclic amines) is 1. The highest BCUT2D eigenvalue weighted by molar-refractivity contribution is 6.10. The summed E-state index contributed by atoms with van der Waals surface area (Å²) in [6, 6.07) is 13.3. The topological polar surface area (TPSA) is 129 Å². The summed E-state index contributed by atoms with van der Waals surface area (Å²) in [7, 11) is 1.30. The van der Waals surface area contributed by atoms with E-state index in [2.05, 4.69) is 10.3 Å². The van der Waals surface area contributed by atoms with Crippen LogP contribution in [0.25, 0.3) is 10.9 Å². The quantitative estimate of drug-likeness (QED) is 0.329. The van der Waals surface area contributed by atoms with Gasteiger partial charge < -0.3 is 14.8 Å². The summed E-state index contributed by atoms with van der Waals surface area (Å²) < 4.78 is 4.80. The second-order valence-corrected chi connectivity index (χ2v) is 10.9. The normalized spacial score (nSPS) is 27.2. The van der Waals surface area contributed by atoms with E-state index in [9.17, 15) is 24.3 Å². The van der Waals surface area contributed by atoms with Gasteiger partial charge in [-0.15, -0.1) is 0 Å². The van der Waals surface area contributed by atoms with Gasteiger partial charge in [0, 0.05) is 35.6 Å². The minimum Gasteiger partial charge on any atom is -0.480 e. The fourth-order valence-corrected chi connectivity index (χ4v) is 6.97.